The van der Waals surface area contributed by atoms with Crippen molar-refractivity contribution in [3.63, 3.8) is 0 Å². The third-order valence-electron chi connectivity index (χ3n) is 4.79. The van der Waals surface area contributed by atoms with Gasteiger partial charge in [-0.05, 0) is 54.8 Å². The predicted molar refractivity (Wildman–Crippen MR) is 116 cm³/mol. The van der Waals surface area contributed by atoms with Crippen LogP contribution in [0.5, 0.6) is 0 Å². The van der Waals surface area contributed by atoms with Crippen LogP contribution in [0.1, 0.15) is 18.4 Å². The van der Waals surface area contributed by atoms with Gasteiger partial charge in [0.15, 0.2) is 5.82 Å². The van der Waals surface area contributed by atoms with Crippen molar-refractivity contribution in [2.45, 2.75) is 18.6 Å². The lowest BCUT2D eigenvalue weighted by atomic mass is 10.2. The van der Waals surface area contributed by atoms with Gasteiger partial charge in [0, 0.05) is 30.5 Å². The summed E-state index contributed by atoms with van der Waals surface area (Å²) in [5.41, 5.74) is 2.61. The number of nitrogens with zero attached hydrogens (tertiary/aromatic N) is 3. The molecule has 4 rings (SSSR count). The molecule has 2 N–H and O–H groups in total. The molecule has 1 aromatic heterocycles. The van der Waals surface area contributed by atoms with Gasteiger partial charge in [-0.25, -0.2) is 12.8 Å². The molecule has 0 amide bonds. The average molecular weight is 428 g/mol. The van der Waals surface area contributed by atoms with E-state index >= 15 is 0 Å². The minimum atomic E-state index is -3.66. The van der Waals surface area contributed by atoms with Crippen LogP contribution in [0.3, 0.4) is 0 Å². The van der Waals surface area contributed by atoms with E-state index in [1.54, 1.807) is 36.5 Å². The molecule has 0 unspecified atom stereocenters. The van der Waals surface area contributed by atoms with Gasteiger partial charge in [-0.1, -0.05) is 12.1 Å². The quantitative estimate of drug-likeness (QED) is 0.595. The first-order chi connectivity index (χ1) is 14.5. The number of halogens is 1. The number of nitrogens with one attached hydrogen (secondary N) is 2. The van der Waals surface area contributed by atoms with Gasteiger partial charge < -0.3 is 10.2 Å². The zero-order chi connectivity index (χ0) is 21.0. The highest BCUT2D eigenvalue weighted by Crippen LogP contribution is 2.24. The van der Waals surface area contributed by atoms with Gasteiger partial charge >= 0.3 is 0 Å². The SMILES string of the molecule is O=S(=O)(Cc1cccc(F)c1)Nc1ccc(Nc2cc(N3CCCC3)cnn2)cc1. The normalized spacial score (nSPS) is 14.0. The van der Waals surface area contributed by atoms with Crippen LogP contribution in [0.2, 0.25) is 0 Å². The molecule has 0 spiro atoms. The second-order valence-corrected chi connectivity index (χ2v) is 8.91. The molecule has 2 heterocycles. The van der Waals surface area contributed by atoms with E-state index in [1.807, 2.05) is 6.07 Å². The lowest BCUT2D eigenvalue weighted by Crippen LogP contribution is -2.18. The van der Waals surface area contributed by atoms with Gasteiger partial charge in [0.1, 0.15) is 5.82 Å². The molecular weight excluding hydrogens is 405 g/mol. The summed E-state index contributed by atoms with van der Waals surface area (Å²) in [6.07, 6.45) is 4.12. The monoisotopic (exact) mass is 427 g/mol. The summed E-state index contributed by atoms with van der Waals surface area (Å²) in [6, 6.07) is 14.3. The second kappa shape index (κ2) is 8.66. The van der Waals surface area contributed by atoms with Gasteiger partial charge in [0.05, 0.1) is 17.6 Å². The lowest BCUT2D eigenvalue weighted by Gasteiger charge is -2.17. The number of hydrogen-bond acceptors (Lipinski definition) is 6. The third-order valence-corrected chi connectivity index (χ3v) is 6.05. The Bertz CT molecular complexity index is 1120. The largest absolute Gasteiger partial charge is 0.370 e. The minimum absolute atomic E-state index is 0.302. The molecule has 1 aliphatic heterocycles. The van der Waals surface area contributed by atoms with E-state index in [0.29, 0.717) is 17.1 Å². The van der Waals surface area contributed by atoms with Crippen molar-refractivity contribution < 1.29 is 12.8 Å². The number of rotatable bonds is 7. The highest BCUT2D eigenvalue weighted by molar-refractivity contribution is 7.91. The van der Waals surface area contributed by atoms with E-state index in [0.717, 1.165) is 24.5 Å². The number of anilines is 4. The standard InChI is InChI=1S/C21H22FN5O2S/c22-17-5-3-4-16(12-17)15-30(28,29)26-19-8-6-18(7-9-19)24-21-13-20(14-23-25-21)27-10-1-2-11-27/h3-9,12-14,26H,1-2,10-11,15H2,(H,24,25). The summed E-state index contributed by atoms with van der Waals surface area (Å²) in [7, 11) is -3.66. The molecule has 0 aliphatic carbocycles. The van der Waals surface area contributed by atoms with Crippen LogP contribution in [0.15, 0.2) is 60.8 Å². The molecule has 0 bridgehead atoms. The van der Waals surface area contributed by atoms with E-state index in [1.165, 1.54) is 31.0 Å². The Kier molecular flexibility index (Phi) is 5.80. The summed E-state index contributed by atoms with van der Waals surface area (Å²) < 4.78 is 40.5. The highest BCUT2D eigenvalue weighted by Gasteiger charge is 2.14. The van der Waals surface area contributed by atoms with E-state index in [4.69, 9.17) is 0 Å². The fourth-order valence-electron chi connectivity index (χ4n) is 3.40. The number of benzene rings is 2. The zero-order valence-corrected chi connectivity index (χ0v) is 17.1. The summed E-state index contributed by atoms with van der Waals surface area (Å²) in [4.78, 5) is 2.27. The fraction of sp³-hybridized carbons (Fsp3) is 0.238. The van der Waals surface area contributed by atoms with Gasteiger partial charge in [0.25, 0.3) is 0 Å². The lowest BCUT2D eigenvalue weighted by molar-refractivity contribution is 0.599. The van der Waals surface area contributed by atoms with Crippen molar-refractivity contribution in [1.29, 1.82) is 0 Å². The van der Waals surface area contributed by atoms with Gasteiger partial charge in [-0.15, -0.1) is 5.10 Å². The average Bonchev–Trinajstić information content (AvgIpc) is 3.24. The van der Waals surface area contributed by atoms with Crippen LogP contribution in [0, 0.1) is 5.82 Å². The summed E-state index contributed by atoms with van der Waals surface area (Å²) >= 11 is 0. The number of hydrogen-bond donors (Lipinski definition) is 2. The second-order valence-electron chi connectivity index (χ2n) is 7.19. The summed E-state index contributed by atoms with van der Waals surface area (Å²) in [5.74, 6) is -0.141. The van der Waals surface area contributed by atoms with Crippen molar-refractivity contribution >= 4 is 32.9 Å². The molecule has 1 aliphatic rings. The topological polar surface area (TPSA) is 87.2 Å². The van der Waals surface area contributed by atoms with Crippen molar-refractivity contribution in [2.75, 3.05) is 28.0 Å². The molecule has 3 aromatic rings. The Morgan fingerprint density at radius 1 is 1.00 bits per heavy atom. The van der Waals surface area contributed by atoms with Crippen molar-refractivity contribution in [3.05, 3.63) is 72.2 Å². The summed E-state index contributed by atoms with van der Waals surface area (Å²) in [5, 5.41) is 11.4. The first-order valence-corrected chi connectivity index (χ1v) is 11.3. The smallest absolute Gasteiger partial charge is 0.236 e. The molecule has 1 saturated heterocycles. The minimum Gasteiger partial charge on any atom is -0.370 e. The first-order valence-electron chi connectivity index (χ1n) is 9.67. The maximum absolute atomic E-state index is 13.3. The van der Waals surface area contributed by atoms with Crippen molar-refractivity contribution in [1.82, 2.24) is 10.2 Å². The summed E-state index contributed by atoms with van der Waals surface area (Å²) in [6.45, 7) is 2.05. The molecule has 0 saturated carbocycles. The molecule has 0 radical (unpaired) electrons. The van der Waals surface area contributed by atoms with Crippen LogP contribution in [-0.2, 0) is 15.8 Å². The van der Waals surface area contributed by atoms with Gasteiger partial charge in [-0.2, -0.15) is 5.10 Å². The Morgan fingerprint density at radius 2 is 1.73 bits per heavy atom. The van der Waals surface area contributed by atoms with Gasteiger partial charge in [-0.3, -0.25) is 4.72 Å². The molecule has 7 nitrogen and oxygen atoms in total. The Hall–Kier alpha value is -3.20. The van der Waals surface area contributed by atoms with Crippen LogP contribution < -0.4 is 14.9 Å². The van der Waals surface area contributed by atoms with Crippen molar-refractivity contribution in [2.24, 2.45) is 0 Å². The van der Waals surface area contributed by atoms with E-state index in [2.05, 4.69) is 25.1 Å². The highest BCUT2D eigenvalue weighted by atomic mass is 32.2. The maximum Gasteiger partial charge on any atom is 0.236 e. The maximum atomic E-state index is 13.3. The van der Waals surface area contributed by atoms with Crippen molar-refractivity contribution in [3.8, 4) is 0 Å². The van der Waals surface area contributed by atoms with Crippen LogP contribution in [0.25, 0.3) is 0 Å². The van der Waals surface area contributed by atoms with E-state index in [-0.39, 0.29) is 5.75 Å². The van der Waals surface area contributed by atoms with Crippen LogP contribution in [0.4, 0.5) is 27.3 Å². The zero-order valence-electron chi connectivity index (χ0n) is 16.3. The van der Waals surface area contributed by atoms with E-state index < -0.39 is 15.8 Å². The predicted octanol–water partition coefficient (Wildman–Crippen LogP) is 3.90. The fourth-order valence-corrected chi connectivity index (χ4v) is 4.58. The van der Waals surface area contributed by atoms with Crippen LogP contribution in [-0.4, -0.2) is 31.7 Å². The molecule has 30 heavy (non-hydrogen) atoms. The van der Waals surface area contributed by atoms with Crippen LogP contribution >= 0.6 is 0 Å². The molecule has 1 fully saturated rings. The molecular formula is C21H22FN5O2S. The molecule has 9 heteroatoms. The number of sulfonamides is 1. The Balaban J connectivity index is 1.40. The molecule has 2 aromatic carbocycles. The molecule has 156 valence electrons. The Morgan fingerprint density at radius 3 is 2.47 bits per heavy atom. The van der Waals surface area contributed by atoms with Gasteiger partial charge in [0.2, 0.25) is 10.0 Å². The third kappa shape index (κ3) is 5.24. The van der Waals surface area contributed by atoms with E-state index in [9.17, 15) is 12.8 Å². The number of aromatic nitrogens is 2. The Labute approximate surface area is 175 Å². The first kappa shape index (κ1) is 20.1. The molecule has 0 atom stereocenters.